The summed E-state index contributed by atoms with van der Waals surface area (Å²) in [6, 6.07) is 9.86. The lowest BCUT2D eigenvalue weighted by molar-refractivity contribution is -0.150. The maximum Gasteiger partial charge on any atom is 0.316 e. The van der Waals surface area contributed by atoms with Gasteiger partial charge < -0.3 is 9.84 Å². The van der Waals surface area contributed by atoms with Crippen LogP contribution in [0.15, 0.2) is 47.4 Å². The van der Waals surface area contributed by atoms with Crippen LogP contribution < -0.4 is 0 Å². The molecule has 4 nitrogen and oxygen atoms in total. The highest BCUT2D eigenvalue weighted by atomic mass is 32.2. The molecule has 4 atom stereocenters. The highest BCUT2D eigenvalue weighted by molar-refractivity contribution is 8.00. The predicted octanol–water partition coefficient (Wildman–Crippen LogP) is 4.02. The summed E-state index contributed by atoms with van der Waals surface area (Å²) < 4.78 is 4.84. The van der Waals surface area contributed by atoms with Gasteiger partial charge in [-0.15, -0.1) is 11.8 Å². The van der Waals surface area contributed by atoms with Gasteiger partial charge in [-0.2, -0.15) is 0 Å². The molecule has 1 aromatic carbocycles. The number of unbranched alkanes of at least 4 members (excludes halogenated alkanes) is 3. The molecule has 4 unspecified atom stereocenters. The first kappa shape index (κ1) is 20.7. The molecule has 0 aromatic heterocycles. The molecule has 5 heteroatoms. The van der Waals surface area contributed by atoms with Crippen molar-refractivity contribution in [3.05, 3.63) is 42.5 Å². The number of benzene rings is 1. The average molecular weight is 377 g/mol. The topological polar surface area (TPSA) is 63.6 Å². The van der Waals surface area contributed by atoms with Crippen LogP contribution in [0.25, 0.3) is 0 Å². The first-order valence-electron chi connectivity index (χ1n) is 9.25. The summed E-state index contributed by atoms with van der Waals surface area (Å²) in [6.45, 7) is 2.17. The number of ketones is 1. The minimum Gasteiger partial charge on any atom is -0.468 e. The fourth-order valence-corrected chi connectivity index (χ4v) is 4.69. The molecule has 0 saturated heterocycles. The number of thioether (sulfide) groups is 1. The molecule has 0 heterocycles. The highest BCUT2D eigenvalue weighted by Crippen LogP contribution is 2.41. The summed E-state index contributed by atoms with van der Waals surface area (Å²) in [5.41, 5.74) is 0. The number of hydrogen-bond acceptors (Lipinski definition) is 5. The van der Waals surface area contributed by atoms with Crippen molar-refractivity contribution < 1.29 is 19.4 Å². The molecule has 2 rings (SSSR count). The molecule has 1 aliphatic rings. The zero-order valence-corrected chi connectivity index (χ0v) is 16.3. The third-order valence-corrected chi connectivity index (χ3v) is 6.02. The van der Waals surface area contributed by atoms with Gasteiger partial charge in [-0.1, -0.05) is 50.1 Å². The van der Waals surface area contributed by atoms with Gasteiger partial charge >= 0.3 is 5.97 Å². The number of hydrogen-bond donors (Lipinski definition) is 1. The van der Waals surface area contributed by atoms with Crippen molar-refractivity contribution in [2.24, 2.45) is 11.8 Å². The molecule has 0 amide bonds. The van der Waals surface area contributed by atoms with Gasteiger partial charge in [0, 0.05) is 22.5 Å². The molecule has 0 aliphatic heterocycles. The summed E-state index contributed by atoms with van der Waals surface area (Å²) in [7, 11) is 1.29. The van der Waals surface area contributed by atoms with Crippen LogP contribution in [0.5, 0.6) is 0 Å². The maximum absolute atomic E-state index is 12.3. The SMILES string of the molecule is CCCCC/C=C/C(Sc1ccccc1)C1C(O)CC(=O)C1C(=O)OC. The lowest BCUT2D eigenvalue weighted by Gasteiger charge is -2.26. The van der Waals surface area contributed by atoms with Gasteiger partial charge in [0.05, 0.1) is 13.2 Å². The number of carbonyl (C=O) groups excluding carboxylic acids is 2. The number of aliphatic hydroxyl groups is 1. The molecule has 0 bridgehead atoms. The Morgan fingerprint density at radius 1 is 1.35 bits per heavy atom. The minimum absolute atomic E-state index is 0.0138. The Morgan fingerprint density at radius 2 is 2.08 bits per heavy atom. The normalized spacial score (nSPS) is 24.1. The molecule has 1 fully saturated rings. The third-order valence-electron chi connectivity index (χ3n) is 4.74. The Kier molecular flexibility index (Phi) is 8.39. The number of rotatable bonds is 9. The Bertz CT molecular complexity index is 606. The standard InChI is InChI=1S/C21H28O4S/c1-3-4-5-6-10-13-18(26-15-11-8-7-9-12-15)19-16(22)14-17(23)20(19)21(24)25-2/h7-13,16,18-20,22H,3-6,14H2,1-2H3/b13-10+. The van der Waals surface area contributed by atoms with Gasteiger partial charge in [0.25, 0.3) is 0 Å². The van der Waals surface area contributed by atoms with Gasteiger partial charge in [0.1, 0.15) is 11.7 Å². The molecule has 1 aliphatic carbocycles. The van der Waals surface area contributed by atoms with Gasteiger partial charge in [-0.05, 0) is 25.0 Å². The van der Waals surface area contributed by atoms with Crippen LogP contribution in [-0.4, -0.2) is 35.3 Å². The second kappa shape index (κ2) is 10.5. The summed E-state index contributed by atoms with van der Waals surface area (Å²) in [5.74, 6) is -2.14. The maximum atomic E-state index is 12.3. The van der Waals surface area contributed by atoms with Crippen molar-refractivity contribution in [1.29, 1.82) is 0 Å². The Hall–Kier alpha value is -1.59. The lowest BCUT2D eigenvalue weighted by Crippen LogP contribution is -2.35. The molecular weight excluding hydrogens is 348 g/mol. The third kappa shape index (κ3) is 5.45. The van der Waals surface area contributed by atoms with Crippen molar-refractivity contribution >= 4 is 23.5 Å². The molecule has 1 N–H and O–H groups in total. The van der Waals surface area contributed by atoms with Gasteiger partial charge in [0.15, 0.2) is 0 Å². The first-order valence-corrected chi connectivity index (χ1v) is 10.1. The van der Waals surface area contributed by atoms with Crippen LogP contribution >= 0.6 is 11.8 Å². The second-order valence-corrected chi connectivity index (χ2v) is 7.89. The quantitative estimate of drug-likeness (QED) is 0.232. The zero-order chi connectivity index (χ0) is 18.9. The summed E-state index contributed by atoms with van der Waals surface area (Å²) >= 11 is 1.58. The van der Waals surface area contributed by atoms with E-state index in [0.717, 1.165) is 24.2 Å². The van der Waals surface area contributed by atoms with Gasteiger partial charge in [-0.3, -0.25) is 9.59 Å². The van der Waals surface area contributed by atoms with E-state index in [1.807, 2.05) is 30.3 Å². The number of methoxy groups -OCH3 is 1. The van der Waals surface area contributed by atoms with E-state index in [0.29, 0.717) is 0 Å². The number of allylic oxidation sites excluding steroid dienone is 1. The van der Waals surface area contributed by atoms with E-state index < -0.39 is 23.9 Å². The van der Waals surface area contributed by atoms with Crippen molar-refractivity contribution in [2.75, 3.05) is 7.11 Å². The van der Waals surface area contributed by atoms with Gasteiger partial charge in [-0.25, -0.2) is 0 Å². The van der Waals surface area contributed by atoms with E-state index >= 15 is 0 Å². The molecular formula is C21H28O4S. The molecule has 1 aromatic rings. The van der Waals surface area contributed by atoms with E-state index in [-0.39, 0.29) is 17.5 Å². The fourth-order valence-electron chi connectivity index (χ4n) is 3.38. The van der Waals surface area contributed by atoms with Crippen LogP contribution in [0.2, 0.25) is 0 Å². The smallest absolute Gasteiger partial charge is 0.316 e. The number of Topliss-reactive ketones (excluding diaryl/α,β-unsaturated/α-hetero) is 1. The minimum atomic E-state index is -0.892. The van der Waals surface area contributed by atoms with E-state index in [1.165, 1.54) is 13.5 Å². The van der Waals surface area contributed by atoms with Gasteiger partial charge in [0.2, 0.25) is 0 Å². The van der Waals surface area contributed by atoms with E-state index in [9.17, 15) is 14.7 Å². The van der Waals surface area contributed by atoms with Crippen LogP contribution in [0.3, 0.4) is 0 Å². The number of esters is 1. The molecule has 1 saturated carbocycles. The zero-order valence-electron chi connectivity index (χ0n) is 15.5. The van der Waals surface area contributed by atoms with Crippen molar-refractivity contribution in [3.8, 4) is 0 Å². The number of ether oxygens (including phenoxy) is 1. The molecule has 26 heavy (non-hydrogen) atoms. The van der Waals surface area contributed by atoms with E-state index in [1.54, 1.807) is 11.8 Å². The number of carbonyl (C=O) groups is 2. The van der Waals surface area contributed by atoms with Crippen LogP contribution in [0.4, 0.5) is 0 Å². The summed E-state index contributed by atoms with van der Waals surface area (Å²) in [6.07, 6.45) is 7.76. The Morgan fingerprint density at radius 3 is 2.73 bits per heavy atom. The predicted molar refractivity (Wildman–Crippen MR) is 104 cm³/mol. The Balaban J connectivity index is 2.22. The fraction of sp³-hybridized carbons (Fsp3) is 0.524. The first-order chi connectivity index (χ1) is 12.6. The van der Waals surface area contributed by atoms with E-state index in [4.69, 9.17) is 4.74 Å². The number of aliphatic hydroxyl groups excluding tert-OH is 1. The molecule has 0 spiro atoms. The highest BCUT2D eigenvalue weighted by Gasteiger charge is 2.49. The van der Waals surface area contributed by atoms with Crippen molar-refractivity contribution in [3.63, 3.8) is 0 Å². The Labute approximate surface area is 160 Å². The van der Waals surface area contributed by atoms with Crippen molar-refractivity contribution in [1.82, 2.24) is 0 Å². The van der Waals surface area contributed by atoms with E-state index in [2.05, 4.69) is 19.1 Å². The second-order valence-electron chi connectivity index (χ2n) is 6.64. The monoisotopic (exact) mass is 376 g/mol. The van der Waals surface area contributed by atoms with Crippen LogP contribution in [0, 0.1) is 11.8 Å². The van der Waals surface area contributed by atoms with Crippen LogP contribution in [-0.2, 0) is 14.3 Å². The van der Waals surface area contributed by atoms with Crippen molar-refractivity contribution in [2.45, 2.75) is 55.3 Å². The largest absolute Gasteiger partial charge is 0.468 e. The molecule has 142 valence electrons. The summed E-state index contributed by atoms with van der Waals surface area (Å²) in [4.78, 5) is 25.5. The average Bonchev–Trinajstić information content (AvgIpc) is 2.94. The summed E-state index contributed by atoms with van der Waals surface area (Å²) in [5, 5.41) is 10.3. The van der Waals surface area contributed by atoms with Crippen LogP contribution in [0.1, 0.15) is 39.0 Å². The molecule has 0 radical (unpaired) electrons. The lowest BCUT2D eigenvalue weighted by atomic mass is 9.90.